The molecule has 1 rings (SSSR count). The molecule has 0 saturated heterocycles. The maximum Gasteiger partial charge on any atom is 0.226 e. The number of nitrogens with zero attached hydrogens (tertiary/aromatic N) is 3. The summed E-state index contributed by atoms with van der Waals surface area (Å²) in [5, 5.41) is 12.7. The number of aliphatic hydroxyl groups excluding tert-OH is 1. The molecule has 0 aliphatic rings. The van der Waals surface area contributed by atoms with E-state index >= 15 is 0 Å². The van der Waals surface area contributed by atoms with Gasteiger partial charge in [-0.05, 0) is 38.8 Å². The molecule has 0 spiro atoms. The lowest BCUT2D eigenvalue weighted by Crippen LogP contribution is -2.20. The van der Waals surface area contributed by atoms with E-state index < -0.39 is 0 Å². The summed E-state index contributed by atoms with van der Waals surface area (Å²) >= 11 is 0. The van der Waals surface area contributed by atoms with E-state index in [0.717, 1.165) is 50.5 Å². The number of hydrogen-bond acceptors (Lipinski definition) is 5. The minimum absolute atomic E-state index is 0.285. The zero-order valence-corrected chi connectivity index (χ0v) is 11.7. The third-order valence-electron chi connectivity index (χ3n) is 2.70. The molecule has 0 atom stereocenters. The second kappa shape index (κ2) is 8.21. The Bertz CT molecular complexity index is 326. The lowest BCUT2D eigenvalue weighted by Gasteiger charge is -2.13. The van der Waals surface area contributed by atoms with E-state index in [4.69, 9.17) is 9.63 Å². The zero-order valence-electron chi connectivity index (χ0n) is 11.7. The van der Waals surface area contributed by atoms with Crippen LogP contribution in [0.4, 0.5) is 0 Å². The van der Waals surface area contributed by atoms with Crippen molar-refractivity contribution in [2.45, 2.75) is 46.1 Å². The van der Waals surface area contributed by atoms with Crippen LogP contribution >= 0.6 is 0 Å². The molecule has 0 aliphatic carbocycles. The molecule has 0 amide bonds. The smallest absolute Gasteiger partial charge is 0.226 e. The molecule has 5 heteroatoms. The van der Waals surface area contributed by atoms with Gasteiger partial charge in [-0.2, -0.15) is 4.98 Å². The number of hydrogen-bond donors (Lipinski definition) is 1. The normalized spacial score (nSPS) is 11.7. The molecule has 104 valence electrons. The third kappa shape index (κ3) is 6.12. The molecule has 0 unspecified atom stereocenters. The first-order valence-electron chi connectivity index (χ1n) is 6.72. The lowest BCUT2D eigenvalue weighted by atomic mass is 10.1. The van der Waals surface area contributed by atoms with Crippen LogP contribution in [0.15, 0.2) is 4.52 Å². The van der Waals surface area contributed by atoms with E-state index in [9.17, 15) is 0 Å². The fourth-order valence-electron chi connectivity index (χ4n) is 1.78. The lowest BCUT2D eigenvalue weighted by molar-refractivity contribution is 0.268. The number of rotatable bonds is 9. The van der Waals surface area contributed by atoms with Crippen LogP contribution in [0.3, 0.4) is 0 Å². The summed E-state index contributed by atoms with van der Waals surface area (Å²) in [7, 11) is 2.05. The summed E-state index contributed by atoms with van der Waals surface area (Å²) in [6.07, 6.45) is 3.88. The molecule has 0 aromatic carbocycles. The molecule has 0 bridgehead atoms. The van der Waals surface area contributed by atoms with E-state index in [2.05, 4.69) is 35.9 Å². The minimum atomic E-state index is 0.285. The minimum Gasteiger partial charge on any atom is -0.396 e. The molecule has 1 heterocycles. The summed E-state index contributed by atoms with van der Waals surface area (Å²) in [4.78, 5) is 6.56. The van der Waals surface area contributed by atoms with Gasteiger partial charge in [-0.15, -0.1) is 0 Å². The highest BCUT2D eigenvalue weighted by Gasteiger charge is 2.09. The summed E-state index contributed by atoms with van der Waals surface area (Å²) in [6.45, 7) is 6.27. The molecule has 0 aliphatic heterocycles. The fourth-order valence-corrected chi connectivity index (χ4v) is 1.78. The van der Waals surface area contributed by atoms with Gasteiger partial charge in [0, 0.05) is 13.0 Å². The second-order valence-electron chi connectivity index (χ2n) is 5.22. The molecule has 1 aromatic rings. The number of aromatic nitrogens is 2. The van der Waals surface area contributed by atoms with Crippen LogP contribution in [0.1, 0.15) is 44.8 Å². The van der Waals surface area contributed by atoms with Crippen molar-refractivity contribution in [1.82, 2.24) is 15.0 Å². The molecule has 0 saturated carbocycles. The van der Waals surface area contributed by atoms with E-state index in [0.29, 0.717) is 5.92 Å². The van der Waals surface area contributed by atoms with Crippen molar-refractivity contribution in [3.8, 4) is 0 Å². The van der Waals surface area contributed by atoms with Crippen molar-refractivity contribution in [2.75, 3.05) is 20.2 Å². The third-order valence-corrected chi connectivity index (χ3v) is 2.70. The summed E-state index contributed by atoms with van der Waals surface area (Å²) in [5.74, 6) is 2.03. The van der Waals surface area contributed by atoms with Crippen molar-refractivity contribution in [3.63, 3.8) is 0 Å². The van der Waals surface area contributed by atoms with Crippen LogP contribution in [-0.4, -0.2) is 40.3 Å². The van der Waals surface area contributed by atoms with Gasteiger partial charge in [-0.3, -0.25) is 4.90 Å². The highest BCUT2D eigenvalue weighted by Crippen LogP contribution is 2.07. The molecule has 1 N–H and O–H groups in total. The van der Waals surface area contributed by atoms with Crippen molar-refractivity contribution in [3.05, 3.63) is 11.7 Å². The van der Waals surface area contributed by atoms with Gasteiger partial charge in [0.2, 0.25) is 5.89 Å². The fraction of sp³-hybridized carbons (Fsp3) is 0.846. The highest BCUT2D eigenvalue weighted by atomic mass is 16.5. The average molecular weight is 255 g/mol. The first-order chi connectivity index (χ1) is 8.61. The van der Waals surface area contributed by atoms with Gasteiger partial charge in [-0.25, -0.2) is 0 Å². The monoisotopic (exact) mass is 255 g/mol. The van der Waals surface area contributed by atoms with Crippen molar-refractivity contribution < 1.29 is 9.63 Å². The molecular formula is C13H25N3O2. The van der Waals surface area contributed by atoms with Gasteiger partial charge in [0.05, 0.1) is 6.54 Å². The second-order valence-corrected chi connectivity index (χ2v) is 5.22. The van der Waals surface area contributed by atoms with E-state index in [-0.39, 0.29) is 6.61 Å². The van der Waals surface area contributed by atoms with Gasteiger partial charge >= 0.3 is 0 Å². The quantitative estimate of drug-likeness (QED) is 0.682. The van der Waals surface area contributed by atoms with Crippen LogP contribution in [0.25, 0.3) is 0 Å². The Morgan fingerprint density at radius 3 is 2.72 bits per heavy atom. The molecule has 0 radical (unpaired) electrons. The Morgan fingerprint density at radius 2 is 2.06 bits per heavy atom. The maximum absolute atomic E-state index is 8.70. The Balaban J connectivity index is 2.26. The van der Waals surface area contributed by atoms with Gasteiger partial charge in [0.25, 0.3) is 0 Å². The van der Waals surface area contributed by atoms with Crippen LogP contribution in [0.2, 0.25) is 0 Å². The predicted molar refractivity (Wildman–Crippen MR) is 70.1 cm³/mol. The van der Waals surface area contributed by atoms with Crippen molar-refractivity contribution >= 4 is 0 Å². The molecule has 5 nitrogen and oxygen atoms in total. The average Bonchev–Trinajstić information content (AvgIpc) is 2.71. The zero-order chi connectivity index (χ0) is 13.4. The van der Waals surface area contributed by atoms with Crippen molar-refractivity contribution in [2.24, 2.45) is 5.92 Å². The van der Waals surface area contributed by atoms with Gasteiger partial charge in [0.1, 0.15) is 0 Å². The van der Waals surface area contributed by atoms with Crippen molar-refractivity contribution in [1.29, 1.82) is 0 Å². The first-order valence-corrected chi connectivity index (χ1v) is 6.72. The van der Waals surface area contributed by atoms with E-state index in [1.54, 1.807) is 0 Å². The molecular weight excluding hydrogens is 230 g/mol. The SMILES string of the molecule is CC(C)Cc1nc(CN(C)CCCCCO)no1. The molecule has 18 heavy (non-hydrogen) atoms. The Kier molecular flexibility index (Phi) is 6.90. The summed E-state index contributed by atoms with van der Waals surface area (Å²) in [6, 6.07) is 0. The van der Waals surface area contributed by atoms with Crippen LogP contribution in [0.5, 0.6) is 0 Å². The topological polar surface area (TPSA) is 62.4 Å². The Hall–Kier alpha value is -0.940. The van der Waals surface area contributed by atoms with Gasteiger partial charge in [-0.1, -0.05) is 19.0 Å². The maximum atomic E-state index is 8.70. The molecule has 1 aromatic heterocycles. The summed E-state index contributed by atoms with van der Waals surface area (Å²) in [5.41, 5.74) is 0. The first kappa shape index (κ1) is 15.1. The highest BCUT2D eigenvalue weighted by molar-refractivity contribution is 4.86. The Morgan fingerprint density at radius 1 is 1.28 bits per heavy atom. The number of aliphatic hydroxyl groups is 1. The number of unbranched alkanes of at least 4 members (excludes halogenated alkanes) is 2. The van der Waals surface area contributed by atoms with Crippen LogP contribution < -0.4 is 0 Å². The summed E-state index contributed by atoms with van der Waals surface area (Å²) < 4.78 is 5.20. The largest absolute Gasteiger partial charge is 0.396 e. The van der Waals surface area contributed by atoms with Crippen LogP contribution in [-0.2, 0) is 13.0 Å². The Labute approximate surface area is 109 Å². The standard InChI is InChI=1S/C13H25N3O2/c1-11(2)9-13-14-12(15-18-13)10-16(3)7-5-4-6-8-17/h11,17H,4-10H2,1-3H3. The van der Waals surface area contributed by atoms with Gasteiger partial charge in [0.15, 0.2) is 5.82 Å². The van der Waals surface area contributed by atoms with E-state index in [1.165, 1.54) is 0 Å². The predicted octanol–water partition coefficient (Wildman–Crippen LogP) is 1.86. The van der Waals surface area contributed by atoms with E-state index in [1.807, 2.05) is 0 Å². The molecule has 0 fully saturated rings. The van der Waals surface area contributed by atoms with Gasteiger partial charge < -0.3 is 9.63 Å². The van der Waals surface area contributed by atoms with Crippen LogP contribution in [0, 0.1) is 5.92 Å².